The minimum Gasteiger partial charge on any atom is -0.380 e. The van der Waals surface area contributed by atoms with Crippen LogP contribution in [0.25, 0.3) is 0 Å². The van der Waals surface area contributed by atoms with Gasteiger partial charge in [0.15, 0.2) is 0 Å². The third-order valence-electron chi connectivity index (χ3n) is 1.72. The highest BCUT2D eigenvalue weighted by Crippen LogP contribution is 1.98. The standard InChI is InChI=1S/C9H20N2O2S/c1-3-13-6-5-11-9(12)8(10)4-7-14-2/h8H,3-7,10H2,1-2H3,(H,11,12)/t8-/m1/s1. The average Bonchev–Trinajstić information content (AvgIpc) is 2.20. The summed E-state index contributed by atoms with van der Waals surface area (Å²) in [7, 11) is 0. The van der Waals surface area contributed by atoms with Gasteiger partial charge in [-0.2, -0.15) is 11.8 Å². The Morgan fingerprint density at radius 3 is 2.93 bits per heavy atom. The number of nitrogens with two attached hydrogens (primary N) is 1. The molecule has 0 unspecified atom stereocenters. The molecule has 0 aliphatic heterocycles. The summed E-state index contributed by atoms with van der Waals surface area (Å²) in [6.45, 7) is 3.69. The Kier molecular flexibility index (Phi) is 9.13. The summed E-state index contributed by atoms with van der Waals surface area (Å²) in [5, 5.41) is 2.73. The van der Waals surface area contributed by atoms with Crippen molar-refractivity contribution in [1.29, 1.82) is 0 Å². The summed E-state index contributed by atoms with van der Waals surface area (Å²) in [6.07, 6.45) is 2.72. The topological polar surface area (TPSA) is 64.3 Å². The molecule has 0 saturated carbocycles. The largest absolute Gasteiger partial charge is 0.380 e. The van der Waals surface area contributed by atoms with Gasteiger partial charge in [0.05, 0.1) is 12.6 Å². The van der Waals surface area contributed by atoms with E-state index in [-0.39, 0.29) is 11.9 Å². The smallest absolute Gasteiger partial charge is 0.237 e. The van der Waals surface area contributed by atoms with Crippen LogP contribution in [0.15, 0.2) is 0 Å². The number of ether oxygens (including phenoxy) is 1. The van der Waals surface area contributed by atoms with Gasteiger partial charge in [0.1, 0.15) is 0 Å². The van der Waals surface area contributed by atoms with E-state index in [9.17, 15) is 4.79 Å². The summed E-state index contributed by atoms with van der Waals surface area (Å²) in [6, 6.07) is -0.385. The van der Waals surface area contributed by atoms with Gasteiger partial charge in [-0.05, 0) is 25.4 Å². The molecule has 0 rings (SSSR count). The van der Waals surface area contributed by atoms with E-state index in [1.54, 1.807) is 11.8 Å². The van der Waals surface area contributed by atoms with Gasteiger partial charge in [-0.3, -0.25) is 4.79 Å². The van der Waals surface area contributed by atoms with Crippen LogP contribution in [0.3, 0.4) is 0 Å². The highest BCUT2D eigenvalue weighted by atomic mass is 32.2. The van der Waals surface area contributed by atoms with Crippen LogP contribution in [-0.2, 0) is 9.53 Å². The molecule has 1 amide bonds. The number of carbonyl (C=O) groups excluding carboxylic acids is 1. The molecule has 1 atom stereocenters. The van der Waals surface area contributed by atoms with Crippen LogP contribution in [0.4, 0.5) is 0 Å². The van der Waals surface area contributed by atoms with E-state index in [4.69, 9.17) is 10.5 Å². The summed E-state index contributed by atoms with van der Waals surface area (Å²) < 4.78 is 5.09. The quantitative estimate of drug-likeness (QED) is 0.574. The number of nitrogens with one attached hydrogen (secondary N) is 1. The minimum atomic E-state index is -0.385. The first kappa shape index (κ1) is 13.7. The van der Waals surface area contributed by atoms with Crippen molar-refractivity contribution in [3.63, 3.8) is 0 Å². The number of amides is 1. The Bertz CT molecular complexity index is 156. The van der Waals surface area contributed by atoms with E-state index in [0.717, 1.165) is 12.2 Å². The zero-order chi connectivity index (χ0) is 10.8. The molecule has 0 radical (unpaired) electrons. The minimum absolute atomic E-state index is 0.0845. The molecule has 0 aliphatic carbocycles. The Hall–Kier alpha value is -0.260. The Morgan fingerprint density at radius 2 is 2.36 bits per heavy atom. The summed E-state index contributed by atoms with van der Waals surface area (Å²) in [4.78, 5) is 11.3. The molecular formula is C9H20N2O2S. The lowest BCUT2D eigenvalue weighted by Gasteiger charge is -2.11. The van der Waals surface area contributed by atoms with E-state index >= 15 is 0 Å². The van der Waals surface area contributed by atoms with Crippen molar-refractivity contribution in [2.45, 2.75) is 19.4 Å². The fourth-order valence-corrected chi connectivity index (χ4v) is 1.39. The van der Waals surface area contributed by atoms with Crippen LogP contribution in [0, 0.1) is 0 Å². The van der Waals surface area contributed by atoms with E-state index in [2.05, 4.69) is 5.32 Å². The molecule has 0 aromatic heterocycles. The third kappa shape index (κ3) is 7.17. The monoisotopic (exact) mass is 220 g/mol. The molecule has 0 saturated heterocycles. The lowest BCUT2D eigenvalue weighted by Crippen LogP contribution is -2.42. The van der Waals surface area contributed by atoms with Gasteiger partial charge in [0.25, 0.3) is 0 Å². The molecule has 84 valence electrons. The molecule has 4 nitrogen and oxygen atoms in total. The first-order chi connectivity index (χ1) is 6.72. The highest BCUT2D eigenvalue weighted by molar-refractivity contribution is 7.98. The first-order valence-electron chi connectivity index (χ1n) is 4.82. The molecule has 14 heavy (non-hydrogen) atoms. The second kappa shape index (κ2) is 9.30. The molecule has 0 fully saturated rings. The molecule has 3 N–H and O–H groups in total. The number of hydrogen-bond acceptors (Lipinski definition) is 4. The van der Waals surface area contributed by atoms with Gasteiger partial charge < -0.3 is 15.8 Å². The van der Waals surface area contributed by atoms with Crippen LogP contribution in [0.5, 0.6) is 0 Å². The summed E-state index contributed by atoms with van der Waals surface area (Å²) in [5.41, 5.74) is 5.65. The maximum absolute atomic E-state index is 11.3. The van der Waals surface area contributed by atoms with Crippen molar-refractivity contribution in [2.24, 2.45) is 5.73 Å². The fourth-order valence-electron chi connectivity index (χ4n) is 0.898. The second-order valence-corrected chi connectivity index (χ2v) is 3.86. The van der Waals surface area contributed by atoms with Crippen LogP contribution in [0.2, 0.25) is 0 Å². The zero-order valence-corrected chi connectivity index (χ0v) is 9.73. The van der Waals surface area contributed by atoms with E-state index < -0.39 is 0 Å². The molecule has 0 aromatic rings. The Morgan fingerprint density at radius 1 is 1.64 bits per heavy atom. The molecule has 0 aromatic carbocycles. The van der Waals surface area contributed by atoms with Crippen LogP contribution >= 0.6 is 11.8 Å². The van der Waals surface area contributed by atoms with Gasteiger partial charge in [-0.1, -0.05) is 0 Å². The highest BCUT2D eigenvalue weighted by Gasteiger charge is 2.11. The van der Waals surface area contributed by atoms with Gasteiger partial charge in [0, 0.05) is 13.2 Å². The molecule has 0 aliphatic rings. The first-order valence-corrected chi connectivity index (χ1v) is 6.21. The van der Waals surface area contributed by atoms with Crippen LogP contribution < -0.4 is 11.1 Å². The average molecular weight is 220 g/mol. The van der Waals surface area contributed by atoms with Crippen LogP contribution in [-0.4, -0.2) is 43.7 Å². The normalized spacial score (nSPS) is 12.5. The third-order valence-corrected chi connectivity index (χ3v) is 2.36. The lowest BCUT2D eigenvalue weighted by molar-refractivity contribution is -0.122. The van der Waals surface area contributed by atoms with Crippen molar-refractivity contribution in [3.05, 3.63) is 0 Å². The predicted molar refractivity (Wildman–Crippen MR) is 60.5 cm³/mol. The van der Waals surface area contributed by atoms with Crippen molar-refractivity contribution in [2.75, 3.05) is 31.8 Å². The van der Waals surface area contributed by atoms with Crippen molar-refractivity contribution < 1.29 is 9.53 Å². The molecular weight excluding hydrogens is 200 g/mol. The Labute approximate surface area is 89.9 Å². The number of hydrogen-bond donors (Lipinski definition) is 2. The van der Waals surface area contributed by atoms with Crippen molar-refractivity contribution >= 4 is 17.7 Å². The van der Waals surface area contributed by atoms with Crippen molar-refractivity contribution in [3.8, 4) is 0 Å². The summed E-state index contributed by atoms with van der Waals surface area (Å²) in [5.74, 6) is 0.832. The molecule has 5 heteroatoms. The second-order valence-electron chi connectivity index (χ2n) is 2.88. The van der Waals surface area contributed by atoms with E-state index in [1.807, 2.05) is 13.2 Å². The maximum atomic E-state index is 11.3. The number of thioether (sulfide) groups is 1. The molecule has 0 bridgehead atoms. The lowest BCUT2D eigenvalue weighted by atomic mass is 10.2. The van der Waals surface area contributed by atoms with Gasteiger partial charge in [-0.25, -0.2) is 0 Å². The van der Waals surface area contributed by atoms with Crippen molar-refractivity contribution in [1.82, 2.24) is 5.32 Å². The summed E-state index contributed by atoms with van der Waals surface area (Å²) >= 11 is 1.69. The van der Waals surface area contributed by atoms with Gasteiger partial charge >= 0.3 is 0 Å². The predicted octanol–water partition coefficient (Wildman–Crippen LogP) is 0.220. The molecule has 0 heterocycles. The number of carbonyl (C=O) groups is 1. The fraction of sp³-hybridized carbons (Fsp3) is 0.889. The van der Waals surface area contributed by atoms with Gasteiger partial charge in [0.2, 0.25) is 5.91 Å². The zero-order valence-electron chi connectivity index (χ0n) is 8.91. The van der Waals surface area contributed by atoms with E-state index in [0.29, 0.717) is 19.8 Å². The Balaban J connectivity index is 3.42. The van der Waals surface area contributed by atoms with E-state index in [1.165, 1.54) is 0 Å². The van der Waals surface area contributed by atoms with Gasteiger partial charge in [-0.15, -0.1) is 0 Å². The van der Waals surface area contributed by atoms with Crippen LogP contribution in [0.1, 0.15) is 13.3 Å². The number of rotatable bonds is 8. The SMILES string of the molecule is CCOCCNC(=O)[C@H](N)CCSC. The maximum Gasteiger partial charge on any atom is 0.237 e. The molecule has 0 spiro atoms.